The maximum Gasteiger partial charge on any atom is 0.264 e. The van der Waals surface area contributed by atoms with Gasteiger partial charge in [0.25, 0.3) is 5.89 Å². The first-order valence-electron chi connectivity index (χ1n) is 6.70. The van der Waals surface area contributed by atoms with Crippen molar-refractivity contribution in [1.29, 1.82) is 0 Å². The molecule has 0 spiro atoms. The van der Waals surface area contributed by atoms with Crippen LogP contribution in [0.4, 0.5) is 0 Å². The molecule has 0 N–H and O–H groups in total. The molecule has 0 radical (unpaired) electrons. The van der Waals surface area contributed by atoms with Crippen LogP contribution in [0.3, 0.4) is 0 Å². The lowest BCUT2D eigenvalue weighted by molar-refractivity contribution is 0.243. The summed E-state index contributed by atoms with van der Waals surface area (Å²) in [4.78, 5) is 4.29. The second-order valence-corrected chi connectivity index (χ2v) is 5.45. The van der Waals surface area contributed by atoms with Crippen LogP contribution in [-0.4, -0.2) is 17.3 Å². The number of hydrogen-bond acceptors (Lipinski definition) is 5. The fraction of sp³-hybridized carbons (Fsp3) is 0.125. The molecule has 0 fully saturated rings. The molecule has 0 bridgehead atoms. The van der Waals surface area contributed by atoms with Crippen LogP contribution in [0, 0.1) is 0 Å². The predicted octanol–water partition coefficient (Wildman–Crippen LogP) is 4.63. The van der Waals surface area contributed by atoms with Gasteiger partial charge in [-0.25, -0.2) is 0 Å². The van der Waals surface area contributed by atoms with Crippen LogP contribution in [0.25, 0.3) is 11.4 Å². The van der Waals surface area contributed by atoms with E-state index in [-0.39, 0.29) is 6.61 Å². The quantitative estimate of drug-likeness (QED) is 0.671. The minimum Gasteiger partial charge on any atom is -0.497 e. The summed E-state index contributed by atoms with van der Waals surface area (Å²) in [6.07, 6.45) is 0. The van der Waals surface area contributed by atoms with Gasteiger partial charge in [-0.05, 0) is 42.5 Å². The Balaban J connectivity index is 1.69. The fourth-order valence-corrected chi connectivity index (χ4v) is 2.37. The Morgan fingerprint density at radius 1 is 1.09 bits per heavy atom. The average Bonchev–Trinajstić information content (AvgIpc) is 3.03. The van der Waals surface area contributed by atoms with Gasteiger partial charge in [-0.15, -0.1) is 0 Å². The van der Waals surface area contributed by atoms with Crippen molar-refractivity contribution < 1.29 is 14.0 Å². The van der Waals surface area contributed by atoms with Gasteiger partial charge in [0.15, 0.2) is 6.61 Å². The third kappa shape index (κ3) is 3.75. The molecule has 0 unspecified atom stereocenters. The molecule has 7 heteroatoms. The molecule has 0 aliphatic heterocycles. The lowest BCUT2D eigenvalue weighted by atomic mass is 10.2. The van der Waals surface area contributed by atoms with Gasteiger partial charge in [-0.2, -0.15) is 4.98 Å². The maximum absolute atomic E-state index is 6.04. The van der Waals surface area contributed by atoms with Crippen molar-refractivity contribution >= 4 is 23.2 Å². The maximum atomic E-state index is 6.04. The van der Waals surface area contributed by atoms with Crippen molar-refractivity contribution in [3.8, 4) is 22.9 Å². The molecule has 0 aliphatic carbocycles. The third-order valence-corrected chi connectivity index (χ3v) is 3.59. The summed E-state index contributed by atoms with van der Waals surface area (Å²) in [6.45, 7) is 0.116. The van der Waals surface area contributed by atoms with E-state index >= 15 is 0 Å². The molecule has 1 heterocycles. The van der Waals surface area contributed by atoms with Gasteiger partial charge in [-0.1, -0.05) is 28.4 Å². The van der Waals surface area contributed by atoms with Gasteiger partial charge >= 0.3 is 0 Å². The van der Waals surface area contributed by atoms with Crippen LogP contribution in [-0.2, 0) is 6.61 Å². The Hall–Kier alpha value is -2.24. The first kappa shape index (κ1) is 15.6. The fourth-order valence-electron chi connectivity index (χ4n) is 1.90. The number of hydrogen-bond donors (Lipinski definition) is 0. The zero-order chi connectivity index (χ0) is 16.2. The van der Waals surface area contributed by atoms with Gasteiger partial charge in [0, 0.05) is 10.6 Å². The van der Waals surface area contributed by atoms with E-state index < -0.39 is 0 Å². The van der Waals surface area contributed by atoms with Crippen molar-refractivity contribution in [3.63, 3.8) is 0 Å². The summed E-state index contributed by atoms with van der Waals surface area (Å²) in [6, 6.07) is 12.3. The molecule has 0 amide bonds. The first-order valence-corrected chi connectivity index (χ1v) is 7.46. The second-order valence-electron chi connectivity index (χ2n) is 4.60. The highest BCUT2D eigenvalue weighted by Crippen LogP contribution is 2.28. The lowest BCUT2D eigenvalue weighted by Gasteiger charge is -2.05. The number of ether oxygens (including phenoxy) is 2. The van der Waals surface area contributed by atoms with Gasteiger partial charge in [0.2, 0.25) is 5.82 Å². The number of aromatic nitrogens is 2. The van der Waals surface area contributed by atoms with Gasteiger partial charge < -0.3 is 14.0 Å². The van der Waals surface area contributed by atoms with Crippen LogP contribution >= 0.6 is 23.2 Å². The van der Waals surface area contributed by atoms with Crippen molar-refractivity contribution in [2.45, 2.75) is 6.61 Å². The Morgan fingerprint density at radius 3 is 2.57 bits per heavy atom. The molecule has 1 aromatic heterocycles. The van der Waals surface area contributed by atoms with E-state index in [1.165, 1.54) is 0 Å². The van der Waals surface area contributed by atoms with E-state index in [9.17, 15) is 0 Å². The zero-order valence-corrected chi connectivity index (χ0v) is 13.6. The van der Waals surface area contributed by atoms with Crippen LogP contribution in [0.2, 0.25) is 10.0 Å². The topological polar surface area (TPSA) is 57.4 Å². The smallest absolute Gasteiger partial charge is 0.264 e. The second kappa shape index (κ2) is 6.89. The Bertz CT molecular complexity index is 803. The lowest BCUT2D eigenvalue weighted by Crippen LogP contribution is -1.96. The SMILES string of the molecule is COc1ccc(-c2noc(COc3ccc(Cl)cc3Cl)n2)cc1. The number of halogens is 2. The molecule has 0 saturated heterocycles. The van der Waals surface area contributed by atoms with Crippen LogP contribution in [0.1, 0.15) is 5.89 Å². The molecule has 3 rings (SSSR count). The first-order chi connectivity index (χ1) is 11.2. The molecular formula is C16H12Cl2N2O3. The van der Waals surface area contributed by atoms with E-state index in [0.717, 1.165) is 11.3 Å². The minimum atomic E-state index is 0.116. The van der Waals surface area contributed by atoms with Crippen molar-refractivity contribution in [2.24, 2.45) is 0 Å². The summed E-state index contributed by atoms with van der Waals surface area (Å²) >= 11 is 11.9. The summed E-state index contributed by atoms with van der Waals surface area (Å²) in [7, 11) is 1.61. The molecule has 0 atom stereocenters. The summed E-state index contributed by atoms with van der Waals surface area (Å²) < 4.78 is 15.8. The molecule has 5 nitrogen and oxygen atoms in total. The van der Waals surface area contributed by atoms with Crippen LogP contribution in [0.5, 0.6) is 11.5 Å². The minimum absolute atomic E-state index is 0.116. The molecule has 118 valence electrons. The average molecular weight is 351 g/mol. The number of benzene rings is 2. The Morgan fingerprint density at radius 2 is 1.87 bits per heavy atom. The highest BCUT2D eigenvalue weighted by Gasteiger charge is 2.10. The van der Waals surface area contributed by atoms with Crippen LogP contribution < -0.4 is 9.47 Å². The summed E-state index contributed by atoms with van der Waals surface area (Å²) in [5, 5.41) is 4.90. The highest BCUT2D eigenvalue weighted by atomic mass is 35.5. The predicted molar refractivity (Wildman–Crippen MR) is 87.1 cm³/mol. The van der Waals surface area contributed by atoms with E-state index in [4.69, 9.17) is 37.2 Å². The normalized spacial score (nSPS) is 10.6. The van der Waals surface area contributed by atoms with E-state index in [1.807, 2.05) is 24.3 Å². The molecule has 23 heavy (non-hydrogen) atoms. The third-order valence-electron chi connectivity index (χ3n) is 3.06. The largest absolute Gasteiger partial charge is 0.497 e. The Kier molecular flexibility index (Phi) is 4.69. The monoisotopic (exact) mass is 350 g/mol. The molecule has 2 aromatic carbocycles. The number of nitrogens with zero attached hydrogens (tertiary/aromatic N) is 2. The van der Waals surface area contributed by atoms with Crippen molar-refractivity contribution in [2.75, 3.05) is 7.11 Å². The van der Waals surface area contributed by atoms with Gasteiger partial charge in [0.1, 0.15) is 11.5 Å². The Labute approximate surface area is 142 Å². The van der Waals surface area contributed by atoms with E-state index in [2.05, 4.69) is 10.1 Å². The van der Waals surface area contributed by atoms with E-state index in [1.54, 1.807) is 25.3 Å². The molecular weight excluding hydrogens is 339 g/mol. The van der Waals surface area contributed by atoms with Crippen molar-refractivity contribution in [1.82, 2.24) is 10.1 Å². The van der Waals surface area contributed by atoms with Gasteiger partial charge in [-0.3, -0.25) is 0 Å². The summed E-state index contributed by atoms with van der Waals surface area (Å²) in [5.41, 5.74) is 0.824. The number of rotatable bonds is 5. The number of methoxy groups -OCH3 is 1. The van der Waals surface area contributed by atoms with Crippen molar-refractivity contribution in [3.05, 3.63) is 58.4 Å². The molecule has 0 aliphatic rings. The summed E-state index contributed by atoms with van der Waals surface area (Å²) in [5.74, 6) is 2.09. The standard InChI is InChI=1S/C16H12Cl2N2O3/c1-21-12-5-2-10(3-6-12)16-19-15(23-20-16)9-22-14-7-4-11(17)8-13(14)18/h2-8H,9H2,1H3. The highest BCUT2D eigenvalue weighted by molar-refractivity contribution is 6.35. The van der Waals surface area contributed by atoms with Gasteiger partial charge in [0.05, 0.1) is 12.1 Å². The molecule has 0 saturated carbocycles. The molecule has 3 aromatic rings. The van der Waals surface area contributed by atoms with Crippen LogP contribution in [0.15, 0.2) is 47.0 Å². The zero-order valence-electron chi connectivity index (χ0n) is 12.1. The van der Waals surface area contributed by atoms with E-state index in [0.29, 0.717) is 27.5 Å².